The molecule has 0 unspecified atom stereocenters. The lowest BCUT2D eigenvalue weighted by atomic mass is 10.0. The molecule has 5 nitrogen and oxygen atoms in total. The summed E-state index contributed by atoms with van der Waals surface area (Å²) in [5.41, 5.74) is 1.96. The molecule has 0 bridgehead atoms. The predicted octanol–water partition coefficient (Wildman–Crippen LogP) is 2.67. The zero-order chi connectivity index (χ0) is 16.4. The molecule has 0 aliphatic carbocycles. The van der Waals surface area contributed by atoms with Gasteiger partial charge in [-0.2, -0.15) is 5.10 Å². The molecule has 0 N–H and O–H groups in total. The van der Waals surface area contributed by atoms with Crippen molar-refractivity contribution >= 4 is 17.4 Å². The van der Waals surface area contributed by atoms with Crippen molar-refractivity contribution in [2.75, 3.05) is 29.4 Å². The van der Waals surface area contributed by atoms with Gasteiger partial charge < -0.3 is 9.80 Å². The van der Waals surface area contributed by atoms with Crippen molar-refractivity contribution in [1.82, 2.24) is 10.2 Å². The largest absolute Gasteiger partial charge is 0.355 e. The molecule has 0 radical (unpaired) electrons. The van der Waals surface area contributed by atoms with Gasteiger partial charge in [0.25, 0.3) is 0 Å². The summed E-state index contributed by atoms with van der Waals surface area (Å²) in [5, 5.41) is 8.76. The topological polar surface area (TPSA) is 49.3 Å². The van der Waals surface area contributed by atoms with Crippen molar-refractivity contribution in [3.63, 3.8) is 0 Å². The zero-order valence-corrected chi connectivity index (χ0v) is 13.8. The van der Waals surface area contributed by atoms with Crippen LogP contribution >= 0.6 is 0 Å². The Morgan fingerprint density at radius 3 is 2.50 bits per heavy atom. The monoisotopic (exact) mass is 322 g/mol. The van der Waals surface area contributed by atoms with Gasteiger partial charge in [0.05, 0.1) is 5.69 Å². The number of aromatic nitrogens is 2. The quantitative estimate of drug-likeness (QED) is 0.868. The third kappa shape index (κ3) is 3.11. The first-order valence-electron chi connectivity index (χ1n) is 8.72. The molecule has 0 saturated carbocycles. The first-order chi connectivity index (χ1) is 11.8. The second kappa shape index (κ2) is 6.59. The van der Waals surface area contributed by atoms with E-state index in [2.05, 4.69) is 27.2 Å². The molecule has 2 aromatic rings. The molecule has 3 heterocycles. The van der Waals surface area contributed by atoms with Crippen LogP contribution in [0.15, 0.2) is 42.5 Å². The summed E-state index contributed by atoms with van der Waals surface area (Å²) in [6.07, 6.45) is 3.87. The molecular formula is C19H22N4O. The Balaban J connectivity index is 1.40. The summed E-state index contributed by atoms with van der Waals surface area (Å²) in [5.74, 6) is 1.49. The van der Waals surface area contributed by atoms with E-state index in [4.69, 9.17) is 0 Å². The van der Waals surface area contributed by atoms with Crippen LogP contribution < -0.4 is 9.80 Å². The van der Waals surface area contributed by atoms with Crippen LogP contribution in [0.3, 0.4) is 0 Å². The van der Waals surface area contributed by atoms with E-state index in [-0.39, 0.29) is 5.91 Å². The number of benzene rings is 1. The van der Waals surface area contributed by atoms with E-state index < -0.39 is 0 Å². The summed E-state index contributed by atoms with van der Waals surface area (Å²) < 4.78 is 0. The van der Waals surface area contributed by atoms with E-state index >= 15 is 0 Å². The minimum Gasteiger partial charge on any atom is -0.355 e. The molecule has 2 saturated heterocycles. The Labute approximate surface area is 142 Å². The fourth-order valence-electron chi connectivity index (χ4n) is 3.65. The molecule has 0 spiro atoms. The van der Waals surface area contributed by atoms with Crippen molar-refractivity contribution in [3.8, 4) is 0 Å². The Kier molecular flexibility index (Phi) is 4.15. The fraction of sp³-hybridized carbons (Fsp3) is 0.421. The highest BCUT2D eigenvalue weighted by Crippen LogP contribution is 2.27. The molecule has 2 aliphatic rings. The maximum Gasteiger partial charge on any atom is 0.227 e. The lowest BCUT2D eigenvalue weighted by Gasteiger charge is -2.17. The number of hydrogen-bond acceptors (Lipinski definition) is 4. The number of para-hydroxylation sites is 1. The maximum atomic E-state index is 12.3. The lowest BCUT2D eigenvalue weighted by Crippen LogP contribution is -2.24. The van der Waals surface area contributed by atoms with E-state index in [1.807, 2.05) is 35.2 Å². The number of rotatable bonds is 4. The van der Waals surface area contributed by atoms with Crippen LogP contribution in [-0.2, 0) is 11.2 Å². The van der Waals surface area contributed by atoms with Crippen molar-refractivity contribution in [2.45, 2.75) is 25.7 Å². The van der Waals surface area contributed by atoms with Gasteiger partial charge in [-0.3, -0.25) is 4.79 Å². The normalized spacial score (nSPS) is 20.8. The van der Waals surface area contributed by atoms with Gasteiger partial charge in [-0.1, -0.05) is 18.2 Å². The smallest absolute Gasteiger partial charge is 0.227 e. The molecule has 4 rings (SSSR count). The van der Waals surface area contributed by atoms with Crippen LogP contribution in [-0.4, -0.2) is 35.7 Å². The van der Waals surface area contributed by atoms with Crippen molar-refractivity contribution in [3.05, 3.63) is 48.2 Å². The molecule has 1 atom stereocenters. The summed E-state index contributed by atoms with van der Waals surface area (Å²) in [6, 6.07) is 14.0. The number of amides is 1. The molecule has 1 aromatic carbocycles. The van der Waals surface area contributed by atoms with Crippen LogP contribution in [0.2, 0.25) is 0 Å². The summed E-state index contributed by atoms with van der Waals surface area (Å²) in [6.45, 7) is 2.92. The van der Waals surface area contributed by atoms with Gasteiger partial charge in [-0.05, 0) is 49.4 Å². The van der Waals surface area contributed by atoms with Gasteiger partial charge in [0, 0.05) is 31.7 Å². The molecule has 5 heteroatoms. The molecular weight excluding hydrogens is 300 g/mol. The number of hydrogen-bond donors (Lipinski definition) is 0. The predicted molar refractivity (Wildman–Crippen MR) is 94.1 cm³/mol. The first kappa shape index (κ1) is 15.1. The van der Waals surface area contributed by atoms with Gasteiger partial charge in [-0.25, -0.2) is 0 Å². The van der Waals surface area contributed by atoms with Crippen LogP contribution in [0.5, 0.6) is 0 Å². The summed E-state index contributed by atoms with van der Waals surface area (Å²) in [4.78, 5) is 16.5. The Bertz CT molecular complexity index is 695. The highest BCUT2D eigenvalue weighted by molar-refractivity contribution is 5.95. The standard InChI is InChI=1S/C19H22N4O/c24-19-13-15(14-23(19)17-6-2-1-3-7-17)12-16-8-9-18(21-20-16)22-10-4-5-11-22/h1-3,6-9,15H,4-5,10-14H2/t15-/m1/s1. The number of carbonyl (C=O) groups is 1. The molecule has 124 valence electrons. The van der Waals surface area contributed by atoms with Gasteiger partial charge in [0.1, 0.15) is 0 Å². The van der Waals surface area contributed by atoms with Crippen LogP contribution in [0.1, 0.15) is 25.0 Å². The highest BCUT2D eigenvalue weighted by atomic mass is 16.2. The van der Waals surface area contributed by atoms with E-state index in [0.29, 0.717) is 12.3 Å². The fourth-order valence-corrected chi connectivity index (χ4v) is 3.65. The number of nitrogens with zero attached hydrogens (tertiary/aromatic N) is 4. The molecule has 2 aliphatic heterocycles. The maximum absolute atomic E-state index is 12.3. The minimum absolute atomic E-state index is 0.202. The first-order valence-corrected chi connectivity index (χ1v) is 8.72. The SMILES string of the molecule is O=C1C[C@@H](Cc2ccc(N3CCCC3)nn2)CN1c1ccccc1. The van der Waals surface area contributed by atoms with E-state index in [1.165, 1.54) is 12.8 Å². The van der Waals surface area contributed by atoms with Crippen molar-refractivity contribution in [2.24, 2.45) is 5.92 Å². The van der Waals surface area contributed by atoms with Crippen LogP contribution in [0.4, 0.5) is 11.5 Å². The van der Waals surface area contributed by atoms with Crippen LogP contribution in [0, 0.1) is 5.92 Å². The Hall–Kier alpha value is -2.43. The average molecular weight is 322 g/mol. The van der Waals surface area contributed by atoms with Crippen molar-refractivity contribution < 1.29 is 4.79 Å². The second-order valence-electron chi connectivity index (χ2n) is 6.69. The lowest BCUT2D eigenvalue weighted by molar-refractivity contribution is -0.117. The van der Waals surface area contributed by atoms with Gasteiger partial charge in [0.15, 0.2) is 5.82 Å². The van der Waals surface area contributed by atoms with Crippen LogP contribution in [0.25, 0.3) is 0 Å². The zero-order valence-electron chi connectivity index (χ0n) is 13.8. The van der Waals surface area contributed by atoms with E-state index in [9.17, 15) is 4.79 Å². The van der Waals surface area contributed by atoms with E-state index in [0.717, 1.165) is 43.3 Å². The molecule has 1 amide bonds. The Morgan fingerprint density at radius 1 is 1.00 bits per heavy atom. The number of anilines is 2. The Morgan fingerprint density at radius 2 is 1.79 bits per heavy atom. The molecule has 2 fully saturated rings. The third-order valence-corrected chi connectivity index (χ3v) is 4.91. The number of carbonyl (C=O) groups excluding carboxylic acids is 1. The average Bonchev–Trinajstić information content (AvgIpc) is 3.26. The highest BCUT2D eigenvalue weighted by Gasteiger charge is 2.30. The van der Waals surface area contributed by atoms with E-state index in [1.54, 1.807) is 0 Å². The molecule has 1 aromatic heterocycles. The van der Waals surface area contributed by atoms with Gasteiger partial charge in [0.2, 0.25) is 5.91 Å². The van der Waals surface area contributed by atoms with Crippen molar-refractivity contribution in [1.29, 1.82) is 0 Å². The third-order valence-electron chi connectivity index (χ3n) is 4.91. The second-order valence-corrected chi connectivity index (χ2v) is 6.69. The summed E-state index contributed by atoms with van der Waals surface area (Å²) >= 11 is 0. The molecule has 24 heavy (non-hydrogen) atoms. The van der Waals surface area contributed by atoms with Gasteiger partial charge >= 0.3 is 0 Å². The summed E-state index contributed by atoms with van der Waals surface area (Å²) in [7, 11) is 0. The van der Waals surface area contributed by atoms with Gasteiger partial charge in [-0.15, -0.1) is 5.10 Å². The minimum atomic E-state index is 0.202.